The summed E-state index contributed by atoms with van der Waals surface area (Å²) < 4.78 is 5.38. The van der Waals surface area contributed by atoms with Crippen LogP contribution in [0.25, 0.3) is 0 Å². The van der Waals surface area contributed by atoms with E-state index in [1.807, 2.05) is 13.8 Å². The van der Waals surface area contributed by atoms with Gasteiger partial charge in [0.2, 0.25) is 11.8 Å². The first-order valence-corrected chi connectivity index (χ1v) is 6.81. The first-order valence-electron chi connectivity index (χ1n) is 6.81. The molecule has 1 heterocycles. The van der Waals surface area contributed by atoms with Gasteiger partial charge in [-0.05, 0) is 32.6 Å². The molecule has 2 amide bonds. The van der Waals surface area contributed by atoms with Crippen molar-refractivity contribution >= 4 is 11.8 Å². The fourth-order valence-electron chi connectivity index (χ4n) is 2.38. The van der Waals surface area contributed by atoms with E-state index in [0.717, 1.165) is 12.8 Å². The number of ether oxygens (including phenoxy) is 1. The van der Waals surface area contributed by atoms with Gasteiger partial charge in [0.25, 0.3) is 0 Å². The van der Waals surface area contributed by atoms with Gasteiger partial charge in [-0.15, -0.1) is 0 Å². The Labute approximate surface area is 108 Å². The molecule has 0 aromatic rings. The second-order valence-electron chi connectivity index (χ2n) is 5.17. The van der Waals surface area contributed by atoms with E-state index in [2.05, 4.69) is 5.32 Å². The lowest BCUT2D eigenvalue weighted by Gasteiger charge is -2.29. The zero-order valence-electron chi connectivity index (χ0n) is 11.1. The van der Waals surface area contributed by atoms with Crippen LogP contribution in [0, 0.1) is 5.92 Å². The lowest BCUT2D eigenvalue weighted by molar-refractivity contribution is -0.137. The highest BCUT2D eigenvalue weighted by atomic mass is 16.5. The normalized spacial score (nSPS) is 26.8. The highest BCUT2D eigenvalue weighted by Gasteiger charge is 2.41. The molecule has 1 saturated carbocycles. The van der Waals surface area contributed by atoms with Crippen LogP contribution in [0.1, 0.15) is 33.1 Å². The van der Waals surface area contributed by atoms with Gasteiger partial charge >= 0.3 is 0 Å². The molecule has 2 fully saturated rings. The van der Waals surface area contributed by atoms with Crippen LogP contribution in [-0.2, 0) is 14.3 Å². The van der Waals surface area contributed by atoms with Crippen LogP contribution in [0.4, 0.5) is 0 Å². The number of hydrogen-bond acceptors (Lipinski definition) is 3. The van der Waals surface area contributed by atoms with Gasteiger partial charge in [-0.1, -0.05) is 0 Å². The standard InChI is InChI=1S/C13H22N2O3/c1-3-18-8-9(2)15-7-6-11(16)14-12(13(15)17)10-4-5-10/h9-10,12H,3-8H2,1-2H3,(H,14,16). The Morgan fingerprint density at radius 1 is 1.44 bits per heavy atom. The molecule has 2 atom stereocenters. The first-order chi connectivity index (χ1) is 8.63. The number of hydrogen-bond donors (Lipinski definition) is 1. The summed E-state index contributed by atoms with van der Waals surface area (Å²) in [5, 5.41) is 2.86. The molecule has 0 bridgehead atoms. The molecular formula is C13H22N2O3. The molecule has 102 valence electrons. The van der Waals surface area contributed by atoms with Gasteiger partial charge in [0, 0.05) is 19.6 Å². The summed E-state index contributed by atoms with van der Waals surface area (Å²) in [7, 11) is 0. The topological polar surface area (TPSA) is 58.6 Å². The smallest absolute Gasteiger partial charge is 0.245 e. The van der Waals surface area contributed by atoms with Crippen LogP contribution < -0.4 is 5.32 Å². The Kier molecular flexibility index (Phi) is 4.22. The molecule has 0 aromatic heterocycles. The van der Waals surface area contributed by atoms with Crippen molar-refractivity contribution in [2.24, 2.45) is 5.92 Å². The Hall–Kier alpha value is -1.10. The summed E-state index contributed by atoms with van der Waals surface area (Å²) in [5.41, 5.74) is 0. The lowest BCUT2D eigenvalue weighted by Crippen LogP contribution is -2.49. The summed E-state index contributed by atoms with van der Waals surface area (Å²) in [4.78, 5) is 25.9. The summed E-state index contributed by atoms with van der Waals surface area (Å²) in [6.45, 7) is 5.61. The predicted molar refractivity (Wildman–Crippen MR) is 66.9 cm³/mol. The number of carbonyl (C=O) groups excluding carboxylic acids is 2. The molecule has 2 aliphatic rings. The minimum absolute atomic E-state index is 0.00800. The van der Waals surface area contributed by atoms with E-state index in [-0.39, 0.29) is 23.9 Å². The molecule has 1 N–H and O–H groups in total. The van der Waals surface area contributed by atoms with Crippen LogP contribution in [-0.4, -0.2) is 48.6 Å². The third-order valence-electron chi connectivity index (χ3n) is 3.63. The zero-order valence-corrected chi connectivity index (χ0v) is 11.1. The average Bonchev–Trinajstić information content (AvgIpc) is 3.16. The molecule has 5 nitrogen and oxygen atoms in total. The molecule has 18 heavy (non-hydrogen) atoms. The summed E-state index contributed by atoms with van der Waals surface area (Å²) in [5.74, 6) is 0.406. The Bertz CT molecular complexity index is 328. The molecule has 5 heteroatoms. The van der Waals surface area contributed by atoms with Gasteiger partial charge in [0.1, 0.15) is 6.04 Å². The minimum Gasteiger partial charge on any atom is -0.380 e. The fourth-order valence-corrected chi connectivity index (χ4v) is 2.38. The van der Waals surface area contributed by atoms with E-state index in [9.17, 15) is 9.59 Å². The fraction of sp³-hybridized carbons (Fsp3) is 0.846. The van der Waals surface area contributed by atoms with Crippen LogP contribution >= 0.6 is 0 Å². The molecular weight excluding hydrogens is 232 g/mol. The Balaban J connectivity index is 2.03. The monoisotopic (exact) mass is 254 g/mol. The van der Waals surface area contributed by atoms with E-state index in [1.54, 1.807) is 4.90 Å². The maximum Gasteiger partial charge on any atom is 0.245 e. The lowest BCUT2D eigenvalue weighted by atomic mass is 10.1. The van der Waals surface area contributed by atoms with Crippen molar-refractivity contribution in [3.63, 3.8) is 0 Å². The summed E-state index contributed by atoms with van der Waals surface area (Å²) >= 11 is 0. The van der Waals surface area contributed by atoms with Crippen molar-refractivity contribution in [1.82, 2.24) is 10.2 Å². The number of nitrogens with zero attached hydrogens (tertiary/aromatic N) is 1. The molecule has 0 spiro atoms. The number of carbonyl (C=O) groups is 2. The average molecular weight is 254 g/mol. The van der Waals surface area contributed by atoms with E-state index in [0.29, 0.717) is 32.1 Å². The maximum atomic E-state index is 12.4. The van der Waals surface area contributed by atoms with Crippen molar-refractivity contribution in [3.8, 4) is 0 Å². The minimum atomic E-state index is -0.302. The van der Waals surface area contributed by atoms with Crippen molar-refractivity contribution in [2.45, 2.75) is 45.2 Å². The van der Waals surface area contributed by atoms with Crippen molar-refractivity contribution < 1.29 is 14.3 Å². The second-order valence-corrected chi connectivity index (χ2v) is 5.17. The van der Waals surface area contributed by atoms with E-state index >= 15 is 0 Å². The van der Waals surface area contributed by atoms with E-state index in [4.69, 9.17) is 4.74 Å². The predicted octanol–water partition coefficient (Wildman–Crippen LogP) is 0.538. The van der Waals surface area contributed by atoms with Gasteiger partial charge in [-0.2, -0.15) is 0 Å². The summed E-state index contributed by atoms with van der Waals surface area (Å²) in [6.07, 6.45) is 2.49. The number of nitrogens with one attached hydrogen (secondary N) is 1. The van der Waals surface area contributed by atoms with Crippen molar-refractivity contribution in [3.05, 3.63) is 0 Å². The third-order valence-corrected chi connectivity index (χ3v) is 3.63. The highest BCUT2D eigenvalue weighted by molar-refractivity contribution is 5.90. The molecule has 1 aliphatic carbocycles. The van der Waals surface area contributed by atoms with Crippen molar-refractivity contribution in [1.29, 1.82) is 0 Å². The van der Waals surface area contributed by atoms with Gasteiger partial charge < -0.3 is 15.0 Å². The van der Waals surface area contributed by atoms with Crippen molar-refractivity contribution in [2.75, 3.05) is 19.8 Å². The highest BCUT2D eigenvalue weighted by Crippen LogP contribution is 2.34. The van der Waals surface area contributed by atoms with Gasteiger partial charge in [0.05, 0.1) is 12.6 Å². The Morgan fingerprint density at radius 2 is 2.17 bits per heavy atom. The molecule has 1 aliphatic heterocycles. The van der Waals surface area contributed by atoms with Crippen LogP contribution in [0.2, 0.25) is 0 Å². The number of amides is 2. The molecule has 2 rings (SSSR count). The third kappa shape index (κ3) is 3.02. The zero-order chi connectivity index (χ0) is 13.1. The van der Waals surface area contributed by atoms with Gasteiger partial charge in [-0.25, -0.2) is 0 Å². The first kappa shape index (κ1) is 13.3. The molecule has 2 unspecified atom stereocenters. The van der Waals surface area contributed by atoms with Gasteiger partial charge in [0.15, 0.2) is 0 Å². The van der Waals surface area contributed by atoms with E-state index < -0.39 is 0 Å². The Morgan fingerprint density at radius 3 is 2.78 bits per heavy atom. The summed E-state index contributed by atoms with van der Waals surface area (Å²) in [6, 6.07) is -0.268. The number of rotatable bonds is 5. The molecule has 0 aromatic carbocycles. The largest absolute Gasteiger partial charge is 0.380 e. The molecule has 1 saturated heterocycles. The maximum absolute atomic E-state index is 12.4. The van der Waals surface area contributed by atoms with E-state index in [1.165, 1.54) is 0 Å². The quantitative estimate of drug-likeness (QED) is 0.779. The van der Waals surface area contributed by atoms with Gasteiger partial charge in [-0.3, -0.25) is 9.59 Å². The van der Waals surface area contributed by atoms with Crippen LogP contribution in [0.5, 0.6) is 0 Å². The second kappa shape index (κ2) is 5.69. The SMILES string of the molecule is CCOCC(C)N1CCC(=O)NC(C2CC2)C1=O. The van der Waals surface area contributed by atoms with Crippen LogP contribution in [0.3, 0.4) is 0 Å². The van der Waals surface area contributed by atoms with Crippen LogP contribution in [0.15, 0.2) is 0 Å². The molecule has 0 radical (unpaired) electrons.